The lowest BCUT2D eigenvalue weighted by molar-refractivity contribution is -0.117. The second-order valence-electron chi connectivity index (χ2n) is 6.15. The van der Waals surface area contributed by atoms with Crippen LogP contribution in [0, 0.1) is 11.3 Å². The Balaban J connectivity index is 1.97. The third-order valence-corrected chi connectivity index (χ3v) is 4.40. The summed E-state index contributed by atoms with van der Waals surface area (Å²) in [6, 6.07) is 7.79. The SMILES string of the molecule is N#C/C(=C\c1c(O)ccc2ccc(=O)oc12)C(=O)NC1CCCCC1. The van der Waals surface area contributed by atoms with Crippen LogP contribution in [0.1, 0.15) is 37.7 Å². The van der Waals surface area contributed by atoms with Gasteiger partial charge in [0, 0.05) is 17.5 Å². The summed E-state index contributed by atoms with van der Waals surface area (Å²) >= 11 is 0. The lowest BCUT2D eigenvalue weighted by Crippen LogP contribution is -2.36. The molecule has 0 atom stereocenters. The number of rotatable bonds is 3. The largest absolute Gasteiger partial charge is 0.507 e. The highest BCUT2D eigenvalue weighted by Gasteiger charge is 2.19. The van der Waals surface area contributed by atoms with E-state index in [1.807, 2.05) is 6.07 Å². The van der Waals surface area contributed by atoms with Gasteiger partial charge in [-0.25, -0.2) is 4.79 Å². The molecule has 6 nitrogen and oxygen atoms in total. The van der Waals surface area contributed by atoms with Crippen molar-refractivity contribution >= 4 is 23.0 Å². The molecule has 0 aliphatic heterocycles. The van der Waals surface area contributed by atoms with Crippen LogP contribution in [0.15, 0.2) is 39.1 Å². The molecule has 0 unspecified atom stereocenters. The fourth-order valence-electron chi connectivity index (χ4n) is 3.09. The number of fused-ring (bicyclic) bond motifs is 1. The van der Waals surface area contributed by atoms with Crippen molar-refractivity contribution in [2.45, 2.75) is 38.1 Å². The fraction of sp³-hybridized carbons (Fsp3) is 0.316. The number of aromatic hydroxyl groups is 1. The third kappa shape index (κ3) is 3.72. The van der Waals surface area contributed by atoms with Crippen molar-refractivity contribution in [3.05, 3.63) is 45.8 Å². The summed E-state index contributed by atoms with van der Waals surface area (Å²) in [5.74, 6) is -0.649. The van der Waals surface area contributed by atoms with Crippen LogP contribution in [-0.4, -0.2) is 17.1 Å². The van der Waals surface area contributed by atoms with Gasteiger partial charge in [-0.2, -0.15) is 5.26 Å². The zero-order valence-electron chi connectivity index (χ0n) is 13.6. The van der Waals surface area contributed by atoms with Crippen molar-refractivity contribution in [3.8, 4) is 11.8 Å². The van der Waals surface area contributed by atoms with Crippen LogP contribution in [0.5, 0.6) is 5.75 Å². The molecule has 0 saturated heterocycles. The molecule has 1 aliphatic rings. The van der Waals surface area contributed by atoms with Crippen molar-refractivity contribution in [2.24, 2.45) is 0 Å². The van der Waals surface area contributed by atoms with Gasteiger partial charge in [0.25, 0.3) is 5.91 Å². The summed E-state index contributed by atoms with van der Waals surface area (Å²) in [5.41, 5.74) is -0.422. The lowest BCUT2D eigenvalue weighted by atomic mass is 9.95. The molecule has 0 bridgehead atoms. The first-order valence-electron chi connectivity index (χ1n) is 8.27. The molecule has 1 heterocycles. The molecule has 6 heteroatoms. The Labute approximate surface area is 144 Å². The Morgan fingerprint density at radius 3 is 2.68 bits per heavy atom. The van der Waals surface area contributed by atoms with E-state index in [2.05, 4.69) is 5.32 Å². The minimum absolute atomic E-state index is 0.0667. The molecule has 128 valence electrons. The number of benzene rings is 1. The molecule has 1 amide bonds. The number of hydrogen-bond acceptors (Lipinski definition) is 5. The van der Waals surface area contributed by atoms with Crippen LogP contribution in [0.25, 0.3) is 17.0 Å². The van der Waals surface area contributed by atoms with E-state index < -0.39 is 11.5 Å². The van der Waals surface area contributed by atoms with Crippen molar-refractivity contribution < 1.29 is 14.3 Å². The number of nitrogens with one attached hydrogen (secondary N) is 1. The van der Waals surface area contributed by atoms with E-state index in [-0.39, 0.29) is 28.5 Å². The van der Waals surface area contributed by atoms with E-state index in [1.54, 1.807) is 12.1 Å². The molecule has 1 fully saturated rings. The van der Waals surface area contributed by atoms with Gasteiger partial charge in [0.2, 0.25) is 0 Å². The lowest BCUT2D eigenvalue weighted by Gasteiger charge is -2.22. The Morgan fingerprint density at radius 1 is 1.24 bits per heavy atom. The average Bonchev–Trinajstić information content (AvgIpc) is 2.62. The van der Waals surface area contributed by atoms with Crippen LogP contribution in [-0.2, 0) is 4.79 Å². The molecule has 25 heavy (non-hydrogen) atoms. The summed E-state index contributed by atoms with van der Waals surface area (Å²) in [6.07, 6.45) is 6.35. The maximum absolute atomic E-state index is 12.4. The number of phenolic OH excluding ortho intramolecular Hbond substituents is 1. The minimum Gasteiger partial charge on any atom is -0.507 e. The van der Waals surface area contributed by atoms with E-state index in [0.717, 1.165) is 32.1 Å². The topological polar surface area (TPSA) is 103 Å². The predicted octanol–water partition coefficient (Wildman–Crippen LogP) is 2.85. The quantitative estimate of drug-likeness (QED) is 0.509. The van der Waals surface area contributed by atoms with E-state index in [4.69, 9.17) is 4.42 Å². The minimum atomic E-state index is -0.571. The second-order valence-corrected chi connectivity index (χ2v) is 6.15. The van der Waals surface area contributed by atoms with Crippen LogP contribution < -0.4 is 10.9 Å². The number of carbonyl (C=O) groups is 1. The van der Waals surface area contributed by atoms with Gasteiger partial charge in [-0.1, -0.05) is 19.3 Å². The number of nitriles is 1. The van der Waals surface area contributed by atoms with Gasteiger partial charge in [0.15, 0.2) is 0 Å². The van der Waals surface area contributed by atoms with E-state index in [0.29, 0.717) is 5.39 Å². The van der Waals surface area contributed by atoms with Gasteiger partial charge in [0.05, 0.1) is 5.56 Å². The van der Waals surface area contributed by atoms with Gasteiger partial charge in [-0.3, -0.25) is 4.79 Å². The molecular formula is C19H18N2O4. The van der Waals surface area contributed by atoms with Crippen LogP contribution in [0.4, 0.5) is 0 Å². The van der Waals surface area contributed by atoms with E-state index >= 15 is 0 Å². The van der Waals surface area contributed by atoms with Gasteiger partial charge in [-0.15, -0.1) is 0 Å². The van der Waals surface area contributed by atoms with Gasteiger partial charge in [0.1, 0.15) is 23.0 Å². The van der Waals surface area contributed by atoms with Crippen LogP contribution in [0.3, 0.4) is 0 Å². The monoisotopic (exact) mass is 338 g/mol. The zero-order valence-corrected chi connectivity index (χ0v) is 13.6. The molecule has 3 rings (SSSR count). The highest BCUT2D eigenvalue weighted by Crippen LogP contribution is 2.28. The van der Waals surface area contributed by atoms with Gasteiger partial charge in [-0.05, 0) is 37.1 Å². The first-order valence-corrected chi connectivity index (χ1v) is 8.27. The molecule has 0 radical (unpaired) electrons. The average molecular weight is 338 g/mol. The molecule has 1 aromatic carbocycles. The van der Waals surface area contributed by atoms with E-state index in [1.165, 1.54) is 18.2 Å². The molecule has 2 aromatic rings. The Hall–Kier alpha value is -3.07. The smallest absolute Gasteiger partial charge is 0.336 e. The summed E-state index contributed by atoms with van der Waals surface area (Å²) in [4.78, 5) is 23.9. The summed E-state index contributed by atoms with van der Waals surface area (Å²) in [7, 11) is 0. The molecule has 2 N–H and O–H groups in total. The number of nitrogens with zero attached hydrogens (tertiary/aromatic N) is 1. The highest BCUT2D eigenvalue weighted by molar-refractivity contribution is 6.04. The first kappa shape index (κ1) is 16.8. The van der Waals surface area contributed by atoms with Crippen molar-refractivity contribution in [1.29, 1.82) is 5.26 Å². The predicted molar refractivity (Wildman–Crippen MR) is 92.8 cm³/mol. The molecule has 1 saturated carbocycles. The van der Waals surface area contributed by atoms with Crippen molar-refractivity contribution in [2.75, 3.05) is 0 Å². The van der Waals surface area contributed by atoms with Gasteiger partial charge >= 0.3 is 5.63 Å². The first-order chi connectivity index (χ1) is 12.1. The number of phenols is 1. The number of hydrogen-bond donors (Lipinski definition) is 2. The fourth-order valence-corrected chi connectivity index (χ4v) is 3.09. The van der Waals surface area contributed by atoms with Crippen molar-refractivity contribution in [1.82, 2.24) is 5.32 Å². The molecule has 1 aromatic heterocycles. The zero-order chi connectivity index (χ0) is 17.8. The van der Waals surface area contributed by atoms with E-state index in [9.17, 15) is 20.0 Å². The van der Waals surface area contributed by atoms with Crippen LogP contribution >= 0.6 is 0 Å². The molecule has 1 aliphatic carbocycles. The Bertz CT molecular complexity index is 931. The van der Waals surface area contributed by atoms with Gasteiger partial charge < -0.3 is 14.8 Å². The Morgan fingerprint density at radius 2 is 1.96 bits per heavy atom. The number of carbonyl (C=O) groups excluding carboxylic acids is 1. The summed E-state index contributed by atoms with van der Waals surface area (Å²) in [6.45, 7) is 0. The second kappa shape index (κ2) is 7.22. The maximum Gasteiger partial charge on any atom is 0.336 e. The standard InChI is InChI=1S/C19H18N2O4/c20-11-13(19(24)21-14-4-2-1-3-5-14)10-15-16(22)8-6-12-7-9-17(23)25-18(12)15/h6-10,14,22H,1-5H2,(H,21,24)/b13-10+. The summed E-state index contributed by atoms with van der Waals surface area (Å²) < 4.78 is 5.15. The number of amides is 1. The molecular weight excluding hydrogens is 320 g/mol. The highest BCUT2D eigenvalue weighted by atomic mass is 16.4. The normalized spacial score (nSPS) is 15.7. The van der Waals surface area contributed by atoms with Crippen LogP contribution in [0.2, 0.25) is 0 Å². The molecule has 0 spiro atoms. The van der Waals surface area contributed by atoms with Crippen molar-refractivity contribution in [3.63, 3.8) is 0 Å². The maximum atomic E-state index is 12.4. The third-order valence-electron chi connectivity index (χ3n) is 4.40. The Kier molecular flexibility index (Phi) is 4.85. The summed E-state index contributed by atoms with van der Waals surface area (Å²) in [5, 5.41) is 22.9.